The molecule has 0 aliphatic carbocycles. The Labute approximate surface area is 210 Å². The molecule has 0 radical (unpaired) electrons. The molecule has 0 fully saturated rings. The number of carbonyl (C=O) groups is 2. The maximum atomic E-state index is 14.9. The first kappa shape index (κ1) is 23.7. The Morgan fingerprint density at radius 3 is 2.59 bits per heavy atom. The van der Waals surface area contributed by atoms with Crippen molar-refractivity contribution in [2.75, 3.05) is 10.2 Å². The molecule has 2 aromatic carbocycles. The van der Waals surface area contributed by atoms with Gasteiger partial charge in [-0.15, -0.1) is 0 Å². The molecule has 0 spiro atoms. The van der Waals surface area contributed by atoms with Crippen LogP contribution in [0.25, 0.3) is 0 Å². The summed E-state index contributed by atoms with van der Waals surface area (Å²) in [5, 5.41) is 15.9. The van der Waals surface area contributed by atoms with Crippen molar-refractivity contribution in [3.8, 4) is 6.07 Å². The van der Waals surface area contributed by atoms with Crippen molar-refractivity contribution >= 4 is 23.3 Å². The predicted molar refractivity (Wildman–Crippen MR) is 129 cm³/mol. The summed E-state index contributed by atoms with van der Waals surface area (Å²) in [6, 6.07) is 15.2. The van der Waals surface area contributed by atoms with Crippen molar-refractivity contribution in [1.29, 1.82) is 5.26 Å². The number of alkyl halides is 2. The van der Waals surface area contributed by atoms with Crippen molar-refractivity contribution < 1.29 is 18.4 Å². The lowest BCUT2D eigenvalue weighted by molar-refractivity contribution is 0.0376. The van der Waals surface area contributed by atoms with Crippen LogP contribution in [0.4, 0.5) is 20.3 Å². The van der Waals surface area contributed by atoms with E-state index in [1.54, 1.807) is 31.2 Å². The van der Waals surface area contributed by atoms with Crippen LogP contribution in [0, 0.1) is 11.3 Å². The van der Waals surface area contributed by atoms with E-state index in [0.717, 1.165) is 12.4 Å². The van der Waals surface area contributed by atoms with Gasteiger partial charge in [-0.05, 0) is 25.1 Å². The first-order valence-electron chi connectivity index (χ1n) is 11.3. The number of amides is 2. The molecule has 0 saturated carbocycles. The van der Waals surface area contributed by atoms with Gasteiger partial charge in [0.25, 0.3) is 11.8 Å². The normalized spacial score (nSPS) is 15.1. The summed E-state index contributed by atoms with van der Waals surface area (Å²) in [4.78, 5) is 35.8. The minimum absolute atomic E-state index is 0.0319. The van der Waals surface area contributed by atoms with Gasteiger partial charge < -0.3 is 5.32 Å². The Balaban J connectivity index is 1.42. The number of anilines is 2. The first-order valence-corrected chi connectivity index (χ1v) is 11.3. The Morgan fingerprint density at radius 1 is 1.11 bits per heavy atom. The summed E-state index contributed by atoms with van der Waals surface area (Å²) < 4.78 is 31.2. The van der Waals surface area contributed by atoms with Gasteiger partial charge in [0.05, 0.1) is 48.4 Å². The Bertz CT molecular complexity index is 1530. The highest BCUT2D eigenvalue weighted by Crippen LogP contribution is 2.34. The van der Waals surface area contributed by atoms with Crippen molar-refractivity contribution in [3.63, 3.8) is 0 Å². The third kappa shape index (κ3) is 4.29. The van der Waals surface area contributed by atoms with Gasteiger partial charge in [-0.3, -0.25) is 19.2 Å². The van der Waals surface area contributed by atoms with Crippen LogP contribution >= 0.6 is 0 Å². The standard InChI is InChI=1S/C26H19F2N7O2/c1-16-15-34-23(20(12-32-34)24(36)33-19-9-5-6-17(10-19)11-29)25(37)35(16)22-14-30-21(13-31-22)26(27,28)18-7-3-2-4-8-18/h2-10,12-14,16H,15H2,1H3,(H,33,36). The van der Waals surface area contributed by atoms with Crippen LogP contribution in [0.1, 0.15) is 44.6 Å². The lowest BCUT2D eigenvalue weighted by atomic mass is 10.1. The maximum Gasteiger partial charge on any atom is 0.316 e. The fourth-order valence-corrected chi connectivity index (χ4v) is 4.16. The number of carbonyl (C=O) groups excluding carboxylic acids is 2. The molecule has 1 N–H and O–H groups in total. The van der Waals surface area contributed by atoms with Crippen molar-refractivity contribution in [1.82, 2.24) is 19.7 Å². The molecule has 0 saturated heterocycles. The molecule has 2 amide bonds. The Morgan fingerprint density at radius 2 is 1.89 bits per heavy atom. The van der Waals surface area contributed by atoms with Crippen molar-refractivity contribution in [2.45, 2.75) is 25.4 Å². The molecule has 4 aromatic rings. The minimum Gasteiger partial charge on any atom is -0.322 e. The Kier molecular flexibility index (Phi) is 5.93. The van der Waals surface area contributed by atoms with Crippen LogP contribution in [-0.2, 0) is 12.5 Å². The zero-order valence-electron chi connectivity index (χ0n) is 19.5. The number of nitriles is 1. The molecule has 9 nitrogen and oxygen atoms in total. The van der Waals surface area contributed by atoms with Crippen molar-refractivity contribution in [3.05, 3.63) is 101 Å². The number of rotatable bonds is 5. The van der Waals surface area contributed by atoms with E-state index in [4.69, 9.17) is 5.26 Å². The van der Waals surface area contributed by atoms with Gasteiger partial charge in [0.1, 0.15) is 11.4 Å². The highest BCUT2D eigenvalue weighted by molar-refractivity contribution is 6.15. The number of hydrogen-bond acceptors (Lipinski definition) is 6. The number of aromatic nitrogens is 4. The highest BCUT2D eigenvalue weighted by Gasteiger charge is 2.39. The van der Waals surface area contributed by atoms with E-state index >= 15 is 0 Å². The SMILES string of the molecule is CC1Cn2ncc(C(=O)Nc3cccc(C#N)c3)c2C(=O)N1c1cnc(C(F)(F)c2ccccc2)cn1. The molecule has 37 heavy (non-hydrogen) atoms. The second-order valence-electron chi connectivity index (χ2n) is 8.46. The van der Waals surface area contributed by atoms with Crippen molar-refractivity contribution in [2.24, 2.45) is 0 Å². The van der Waals surface area contributed by atoms with Gasteiger partial charge >= 0.3 is 5.92 Å². The lowest BCUT2D eigenvalue weighted by Gasteiger charge is -2.33. The van der Waals surface area contributed by atoms with Crippen LogP contribution in [0.15, 0.2) is 73.2 Å². The third-order valence-corrected chi connectivity index (χ3v) is 5.98. The average molecular weight is 499 g/mol. The van der Waals surface area contributed by atoms with Crippen LogP contribution < -0.4 is 10.2 Å². The summed E-state index contributed by atoms with van der Waals surface area (Å²) in [6.45, 7) is 2.01. The van der Waals surface area contributed by atoms with E-state index in [0.29, 0.717) is 11.3 Å². The Hall–Kier alpha value is -4.98. The minimum atomic E-state index is -3.36. The molecule has 0 bridgehead atoms. The number of nitrogens with one attached hydrogen (secondary N) is 1. The summed E-state index contributed by atoms with van der Waals surface area (Å²) >= 11 is 0. The monoisotopic (exact) mass is 499 g/mol. The van der Waals surface area contributed by atoms with Gasteiger partial charge in [0.15, 0.2) is 5.82 Å². The van der Waals surface area contributed by atoms with E-state index in [2.05, 4.69) is 20.4 Å². The van der Waals surface area contributed by atoms with Gasteiger partial charge in [0, 0.05) is 11.3 Å². The average Bonchev–Trinajstić information content (AvgIpc) is 3.34. The maximum absolute atomic E-state index is 14.9. The quantitative estimate of drug-likeness (QED) is 0.444. The zero-order chi connectivity index (χ0) is 26.2. The first-order chi connectivity index (χ1) is 17.8. The molecule has 1 aliphatic rings. The van der Waals surface area contributed by atoms with E-state index in [1.807, 2.05) is 6.07 Å². The topological polar surface area (TPSA) is 117 Å². The van der Waals surface area contributed by atoms with E-state index in [9.17, 15) is 18.4 Å². The second-order valence-corrected chi connectivity index (χ2v) is 8.46. The fourth-order valence-electron chi connectivity index (χ4n) is 4.16. The number of nitrogens with zero attached hydrogens (tertiary/aromatic N) is 6. The van der Waals surface area contributed by atoms with Gasteiger partial charge in [-0.1, -0.05) is 36.4 Å². The summed E-state index contributed by atoms with van der Waals surface area (Å²) in [5.41, 5.74) is 0.0460. The fraction of sp³-hybridized carbons (Fsp3) is 0.154. The van der Waals surface area contributed by atoms with Gasteiger partial charge in [0.2, 0.25) is 0 Å². The highest BCUT2D eigenvalue weighted by atomic mass is 19.3. The molecule has 1 unspecified atom stereocenters. The van der Waals surface area contributed by atoms with Crippen LogP contribution in [0.5, 0.6) is 0 Å². The second kappa shape index (κ2) is 9.23. The molecule has 1 atom stereocenters. The molecule has 11 heteroatoms. The van der Waals surface area contributed by atoms with Gasteiger partial charge in [-0.2, -0.15) is 19.1 Å². The van der Waals surface area contributed by atoms with E-state index in [1.165, 1.54) is 46.1 Å². The predicted octanol–water partition coefficient (Wildman–Crippen LogP) is 3.99. The lowest BCUT2D eigenvalue weighted by Crippen LogP contribution is -2.48. The molecule has 184 valence electrons. The smallest absolute Gasteiger partial charge is 0.316 e. The number of benzene rings is 2. The number of fused-ring (bicyclic) bond motifs is 1. The number of halogens is 2. The van der Waals surface area contributed by atoms with E-state index in [-0.39, 0.29) is 29.2 Å². The molecule has 3 heterocycles. The molecule has 2 aromatic heterocycles. The van der Waals surface area contributed by atoms with Crippen LogP contribution in [0.3, 0.4) is 0 Å². The van der Waals surface area contributed by atoms with Crippen LogP contribution in [0.2, 0.25) is 0 Å². The van der Waals surface area contributed by atoms with Crippen LogP contribution in [-0.4, -0.2) is 37.6 Å². The molecular formula is C26H19F2N7O2. The largest absolute Gasteiger partial charge is 0.322 e. The zero-order valence-corrected chi connectivity index (χ0v) is 19.5. The summed E-state index contributed by atoms with van der Waals surface area (Å²) in [6.07, 6.45) is 3.37. The summed E-state index contributed by atoms with van der Waals surface area (Å²) in [7, 11) is 0. The van der Waals surface area contributed by atoms with Gasteiger partial charge in [-0.25, -0.2) is 9.97 Å². The summed E-state index contributed by atoms with van der Waals surface area (Å²) in [5.74, 6) is -4.44. The molecule has 1 aliphatic heterocycles. The number of hydrogen-bond donors (Lipinski definition) is 1. The molecule has 5 rings (SSSR count). The van der Waals surface area contributed by atoms with E-state index < -0.39 is 29.5 Å². The third-order valence-electron chi connectivity index (χ3n) is 5.98. The molecular weight excluding hydrogens is 480 g/mol.